The van der Waals surface area contributed by atoms with Crippen molar-refractivity contribution >= 4 is 12.0 Å². The Morgan fingerprint density at radius 3 is 2.94 bits per heavy atom. The fraction of sp³-hybridized carbons (Fsp3) is 0.250. The number of amides is 1. The fourth-order valence-corrected chi connectivity index (χ4v) is 1.20. The minimum atomic E-state index is -0.144. The number of nitrogens with one attached hydrogen (secondary N) is 1. The van der Waals surface area contributed by atoms with Crippen molar-refractivity contribution in [3.63, 3.8) is 0 Å². The highest BCUT2D eigenvalue weighted by atomic mass is 16.5. The molecule has 0 radical (unpaired) electrons. The van der Waals surface area contributed by atoms with E-state index in [1.165, 1.54) is 19.3 Å². The standard InChI is InChI=1S/C12H15NO3/c1-3-13-12(15)7-5-9-4-6-10(14)11(8-9)16-2/h4-8,14H,3H2,1-2H3,(H,13,15). The van der Waals surface area contributed by atoms with Crippen LogP contribution in [0.5, 0.6) is 11.5 Å². The third-order valence-corrected chi connectivity index (χ3v) is 1.98. The molecule has 86 valence electrons. The maximum Gasteiger partial charge on any atom is 0.243 e. The van der Waals surface area contributed by atoms with Crippen LogP contribution >= 0.6 is 0 Å². The zero-order valence-electron chi connectivity index (χ0n) is 9.36. The van der Waals surface area contributed by atoms with Gasteiger partial charge < -0.3 is 15.2 Å². The number of phenolic OH excluding ortho intramolecular Hbond substituents is 1. The number of ether oxygens (including phenoxy) is 1. The van der Waals surface area contributed by atoms with Gasteiger partial charge in [-0.05, 0) is 30.7 Å². The van der Waals surface area contributed by atoms with E-state index < -0.39 is 0 Å². The molecule has 4 heteroatoms. The lowest BCUT2D eigenvalue weighted by molar-refractivity contribution is -0.116. The van der Waals surface area contributed by atoms with Gasteiger partial charge >= 0.3 is 0 Å². The smallest absolute Gasteiger partial charge is 0.243 e. The Bertz CT molecular complexity index is 399. The molecule has 1 aromatic rings. The van der Waals surface area contributed by atoms with Gasteiger partial charge in [0, 0.05) is 12.6 Å². The molecule has 0 aliphatic rings. The maximum absolute atomic E-state index is 11.2. The first-order valence-corrected chi connectivity index (χ1v) is 5.00. The molecule has 0 bridgehead atoms. The summed E-state index contributed by atoms with van der Waals surface area (Å²) < 4.78 is 4.96. The third kappa shape index (κ3) is 3.31. The fourth-order valence-electron chi connectivity index (χ4n) is 1.20. The van der Waals surface area contributed by atoms with Crippen molar-refractivity contribution in [1.29, 1.82) is 0 Å². The third-order valence-electron chi connectivity index (χ3n) is 1.98. The van der Waals surface area contributed by atoms with Crippen LogP contribution in [-0.2, 0) is 4.79 Å². The zero-order valence-corrected chi connectivity index (χ0v) is 9.36. The van der Waals surface area contributed by atoms with Crippen LogP contribution in [-0.4, -0.2) is 24.7 Å². The van der Waals surface area contributed by atoms with E-state index in [2.05, 4.69) is 5.32 Å². The van der Waals surface area contributed by atoms with Crippen LogP contribution in [0, 0.1) is 0 Å². The molecule has 0 heterocycles. The highest BCUT2D eigenvalue weighted by Crippen LogP contribution is 2.26. The Hall–Kier alpha value is -1.97. The van der Waals surface area contributed by atoms with E-state index in [0.717, 1.165) is 5.56 Å². The van der Waals surface area contributed by atoms with Crippen molar-refractivity contribution < 1.29 is 14.6 Å². The molecule has 1 amide bonds. The summed E-state index contributed by atoms with van der Waals surface area (Å²) >= 11 is 0. The van der Waals surface area contributed by atoms with E-state index in [9.17, 15) is 9.90 Å². The minimum absolute atomic E-state index is 0.0812. The molecule has 0 spiro atoms. The van der Waals surface area contributed by atoms with Crippen molar-refractivity contribution in [3.8, 4) is 11.5 Å². The summed E-state index contributed by atoms with van der Waals surface area (Å²) in [7, 11) is 1.48. The first-order chi connectivity index (χ1) is 7.67. The molecule has 0 aliphatic carbocycles. The first kappa shape index (κ1) is 12.1. The monoisotopic (exact) mass is 221 g/mol. The number of hydrogen-bond donors (Lipinski definition) is 2. The molecule has 1 aromatic carbocycles. The number of phenols is 1. The van der Waals surface area contributed by atoms with Crippen molar-refractivity contribution in [1.82, 2.24) is 5.32 Å². The van der Waals surface area contributed by atoms with Gasteiger partial charge in [0.2, 0.25) is 5.91 Å². The normalized spacial score (nSPS) is 10.4. The van der Waals surface area contributed by atoms with E-state index in [-0.39, 0.29) is 11.7 Å². The van der Waals surface area contributed by atoms with Gasteiger partial charge in [0.25, 0.3) is 0 Å². The Morgan fingerprint density at radius 2 is 2.31 bits per heavy atom. The van der Waals surface area contributed by atoms with Gasteiger partial charge in [-0.1, -0.05) is 6.07 Å². The second-order valence-electron chi connectivity index (χ2n) is 3.16. The molecule has 2 N–H and O–H groups in total. The molecular formula is C12H15NO3. The number of rotatable bonds is 4. The zero-order chi connectivity index (χ0) is 12.0. The number of carbonyl (C=O) groups excluding carboxylic acids is 1. The molecule has 0 atom stereocenters. The average molecular weight is 221 g/mol. The topological polar surface area (TPSA) is 58.6 Å². The van der Waals surface area contributed by atoms with Gasteiger partial charge in [-0.2, -0.15) is 0 Å². The van der Waals surface area contributed by atoms with Crippen molar-refractivity contribution in [2.24, 2.45) is 0 Å². The predicted molar refractivity (Wildman–Crippen MR) is 62.4 cm³/mol. The lowest BCUT2D eigenvalue weighted by atomic mass is 10.2. The number of carbonyl (C=O) groups is 1. The lowest BCUT2D eigenvalue weighted by Crippen LogP contribution is -2.19. The largest absolute Gasteiger partial charge is 0.504 e. The van der Waals surface area contributed by atoms with Crippen LogP contribution < -0.4 is 10.1 Å². The van der Waals surface area contributed by atoms with Gasteiger partial charge in [-0.15, -0.1) is 0 Å². The van der Waals surface area contributed by atoms with Crippen molar-refractivity contribution in [2.45, 2.75) is 6.92 Å². The van der Waals surface area contributed by atoms with Crippen LogP contribution in [0.2, 0.25) is 0 Å². The summed E-state index contributed by atoms with van der Waals surface area (Å²) in [5.41, 5.74) is 0.793. The Morgan fingerprint density at radius 1 is 1.56 bits per heavy atom. The predicted octanol–water partition coefficient (Wildman–Crippen LogP) is 1.55. The van der Waals surface area contributed by atoms with Gasteiger partial charge in [-0.25, -0.2) is 0 Å². The number of hydrogen-bond acceptors (Lipinski definition) is 3. The maximum atomic E-state index is 11.2. The van der Waals surface area contributed by atoms with Crippen molar-refractivity contribution in [3.05, 3.63) is 29.8 Å². The lowest BCUT2D eigenvalue weighted by Gasteiger charge is -2.03. The molecular weight excluding hydrogens is 206 g/mol. The average Bonchev–Trinajstić information content (AvgIpc) is 2.28. The highest BCUT2D eigenvalue weighted by molar-refractivity contribution is 5.91. The SMILES string of the molecule is CCNC(=O)C=Cc1ccc(O)c(OC)c1. The minimum Gasteiger partial charge on any atom is -0.504 e. The van der Waals surface area contributed by atoms with Crippen LogP contribution in [0.3, 0.4) is 0 Å². The summed E-state index contributed by atoms with van der Waals surface area (Å²) in [5, 5.41) is 12.0. The van der Waals surface area contributed by atoms with Crippen molar-refractivity contribution in [2.75, 3.05) is 13.7 Å². The second kappa shape index (κ2) is 5.80. The summed E-state index contributed by atoms with van der Waals surface area (Å²) in [6.45, 7) is 2.46. The molecule has 0 saturated heterocycles. The van der Waals surface area contributed by atoms with Gasteiger partial charge in [0.05, 0.1) is 7.11 Å². The molecule has 4 nitrogen and oxygen atoms in total. The highest BCUT2D eigenvalue weighted by Gasteiger charge is 2.00. The molecule has 0 fully saturated rings. The molecule has 0 aliphatic heterocycles. The number of methoxy groups -OCH3 is 1. The van der Waals surface area contributed by atoms with E-state index in [4.69, 9.17) is 4.74 Å². The van der Waals surface area contributed by atoms with Gasteiger partial charge in [-0.3, -0.25) is 4.79 Å². The second-order valence-corrected chi connectivity index (χ2v) is 3.16. The Balaban J connectivity index is 2.78. The van der Waals surface area contributed by atoms with E-state index >= 15 is 0 Å². The number of aromatic hydroxyl groups is 1. The van der Waals surface area contributed by atoms with Crippen LogP contribution in [0.15, 0.2) is 24.3 Å². The molecule has 0 aromatic heterocycles. The number of benzene rings is 1. The van der Waals surface area contributed by atoms with Gasteiger partial charge in [0.1, 0.15) is 0 Å². The first-order valence-electron chi connectivity index (χ1n) is 5.00. The number of likely N-dealkylation sites (N-methyl/N-ethyl adjacent to an activating group) is 1. The van der Waals surface area contributed by atoms with E-state index in [1.807, 2.05) is 6.92 Å². The molecule has 1 rings (SSSR count). The molecule has 16 heavy (non-hydrogen) atoms. The Kier molecular flexibility index (Phi) is 4.39. The van der Waals surface area contributed by atoms with Crippen LogP contribution in [0.25, 0.3) is 6.08 Å². The van der Waals surface area contributed by atoms with Gasteiger partial charge in [0.15, 0.2) is 11.5 Å². The molecule has 0 unspecified atom stereocenters. The summed E-state index contributed by atoms with van der Waals surface area (Å²) in [6.07, 6.45) is 3.10. The quantitative estimate of drug-likeness (QED) is 0.758. The molecule has 0 saturated carbocycles. The van der Waals surface area contributed by atoms with E-state index in [0.29, 0.717) is 12.3 Å². The Labute approximate surface area is 94.6 Å². The van der Waals surface area contributed by atoms with E-state index in [1.54, 1.807) is 18.2 Å². The van der Waals surface area contributed by atoms with Crippen LogP contribution in [0.4, 0.5) is 0 Å². The van der Waals surface area contributed by atoms with Crippen LogP contribution in [0.1, 0.15) is 12.5 Å². The summed E-state index contributed by atoms with van der Waals surface area (Å²) in [6, 6.07) is 4.88. The summed E-state index contributed by atoms with van der Waals surface area (Å²) in [5.74, 6) is 0.324. The summed E-state index contributed by atoms with van der Waals surface area (Å²) in [4.78, 5) is 11.2.